The maximum Gasteiger partial charge on any atom is 0.0616 e. The lowest BCUT2D eigenvalue weighted by Crippen LogP contribution is -2.30. The molecule has 0 aliphatic rings. The average Bonchev–Trinajstić information content (AvgIpc) is 2.11. The van der Waals surface area contributed by atoms with Crippen molar-refractivity contribution in [1.82, 2.24) is 5.32 Å². The predicted octanol–water partition coefficient (Wildman–Crippen LogP) is 2.58. The summed E-state index contributed by atoms with van der Waals surface area (Å²) in [5.74, 6) is 0. The van der Waals surface area contributed by atoms with E-state index in [4.69, 9.17) is 4.74 Å². The van der Waals surface area contributed by atoms with Crippen LogP contribution >= 0.6 is 0 Å². The molecular weight excluding hydrogens is 162 g/mol. The average molecular weight is 187 g/mol. The number of rotatable bonds is 9. The molecule has 0 bridgehead atoms. The zero-order chi connectivity index (χ0) is 9.94. The Labute approximate surface area is 83.1 Å². The zero-order valence-electron chi connectivity index (χ0n) is 9.44. The minimum absolute atomic E-state index is 0.496. The third kappa shape index (κ3) is 9.84. The zero-order valence-corrected chi connectivity index (χ0v) is 9.44. The fourth-order valence-electron chi connectivity index (χ4n) is 1.30. The van der Waals surface area contributed by atoms with Crippen LogP contribution in [0.5, 0.6) is 0 Å². The highest BCUT2D eigenvalue weighted by molar-refractivity contribution is 4.56. The van der Waals surface area contributed by atoms with E-state index in [1.807, 2.05) is 0 Å². The smallest absolute Gasteiger partial charge is 0.0616 e. The van der Waals surface area contributed by atoms with Crippen molar-refractivity contribution >= 4 is 0 Å². The summed E-state index contributed by atoms with van der Waals surface area (Å²) in [5, 5.41) is 3.32. The normalized spacial score (nSPS) is 13.2. The van der Waals surface area contributed by atoms with Gasteiger partial charge in [-0.2, -0.15) is 0 Å². The molecule has 0 aromatic rings. The molecule has 1 unspecified atom stereocenters. The van der Waals surface area contributed by atoms with Crippen molar-refractivity contribution in [3.8, 4) is 0 Å². The van der Waals surface area contributed by atoms with E-state index in [1.54, 1.807) is 0 Å². The third-order valence-electron chi connectivity index (χ3n) is 2.06. The van der Waals surface area contributed by atoms with Crippen molar-refractivity contribution in [3.05, 3.63) is 0 Å². The van der Waals surface area contributed by atoms with Gasteiger partial charge in [0.05, 0.1) is 6.61 Å². The third-order valence-corrected chi connectivity index (χ3v) is 2.06. The first-order chi connectivity index (χ1) is 6.31. The number of nitrogens with one attached hydrogen (secondary N) is 1. The number of unbranched alkanes of at least 4 members (excludes halogenated alkanes) is 3. The van der Waals surface area contributed by atoms with Gasteiger partial charge in [0.15, 0.2) is 0 Å². The maximum atomic E-state index is 5.53. The Kier molecular flexibility index (Phi) is 9.94. The molecule has 2 heteroatoms. The molecule has 0 amide bonds. The van der Waals surface area contributed by atoms with Crippen molar-refractivity contribution < 1.29 is 4.74 Å². The number of ether oxygens (including phenoxy) is 1. The van der Waals surface area contributed by atoms with Gasteiger partial charge in [-0.1, -0.05) is 33.1 Å². The van der Waals surface area contributed by atoms with Crippen molar-refractivity contribution in [2.75, 3.05) is 19.8 Å². The summed E-state index contributed by atoms with van der Waals surface area (Å²) in [6, 6.07) is 0.496. The SMILES string of the molecule is CCCCCCOCC(C)NCC. The van der Waals surface area contributed by atoms with Crippen LogP contribution in [0.4, 0.5) is 0 Å². The first kappa shape index (κ1) is 12.9. The molecule has 2 nitrogen and oxygen atoms in total. The molecule has 0 aromatic carbocycles. The first-order valence-electron chi connectivity index (χ1n) is 5.62. The molecule has 0 saturated carbocycles. The summed E-state index contributed by atoms with van der Waals surface area (Å²) in [4.78, 5) is 0. The van der Waals surface area contributed by atoms with Crippen LogP contribution in [0.3, 0.4) is 0 Å². The number of hydrogen-bond donors (Lipinski definition) is 1. The van der Waals surface area contributed by atoms with E-state index in [9.17, 15) is 0 Å². The van der Waals surface area contributed by atoms with Crippen LogP contribution in [-0.2, 0) is 4.74 Å². The fourth-order valence-corrected chi connectivity index (χ4v) is 1.30. The Morgan fingerprint density at radius 1 is 1.15 bits per heavy atom. The van der Waals surface area contributed by atoms with Gasteiger partial charge < -0.3 is 10.1 Å². The van der Waals surface area contributed by atoms with E-state index in [0.29, 0.717) is 6.04 Å². The molecule has 0 fully saturated rings. The Bertz CT molecular complexity index is 96.1. The predicted molar refractivity (Wildman–Crippen MR) is 58.1 cm³/mol. The molecule has 0 rings (SSSR count). The standard InChI is InChI=1S/C11H25NO/c1-4-6-7-8-9-13-10-11(3)12-5-2/h11-12H,4-10H2,1-3H3. The second-order valence-electron chi connectivity index (χ2n) is 3.59. The summed E-state index contributed by atoms with van der Waals surface area (Å²) in [6.07, 6.45) is 5.17. The van der Waals surface area contributed by atoms with Crippen LogP contribution in [0, 0.1) is 0 Å². The molecule has 0 spiro atoms. The quantitative estimate of drug-likeness (QED) is 0.560. The molecule has 1 atom stereocenters. The van der Waals surface area contributed by atoms with Crippen molar-refractivity contribution in [2.45, 2.75) is 52.5 Å². The summed E-state index contributed by atoms with van der Waals surface area (Å²) in [7, 11) is 0. The van der Waals surface area contributed by atoms with E-state index in [2.05, 4.69) is 26.1 Å². The summed E-state index contributed by atoms with van der Waals surface area (Å²) in [5.41, 5.74) is 0. The summed E-state index contributed by atoms with van der Waals surface area (Å²) >= 11 is 0. The second kappa shape index (κ2) is 10.0. The number of hydrogen-bond acceptors (Lipinski definition) is 2. The van der Waals surface area contributed by atoms with E-state index in [1.165, 1.54) is 25.7 Å². The lowest BCUT2D eigenvalue weighted by molar-refractivity contribution is 0.112. The van der Waals surface area contributed by atoms with Gasteiger partial charge in [-0.05, 0) is 19.9 Å². The highest BCUT2D eigenvalue weighted by Crippen LogP contribution is 1.98. The van der Waals surface area contributed by atoms with Crippen LogP contribution in [0.1, 0.15) is 46.5 Å². The van der Waals surface area contributed by atoms with Crippen LogP contribution in [0.2, 0.25) is 0 Å². The fraction of sp³-hybridized carbons (Fsp3) is 1.00. The van der Waals surface area contributed by atoms with Gasteiger partial charge in [0.25, 0.3) is 0 Å². The summed E-state index contributed by atoms with van der Waals surface area (Å²) in [6.45, 7) is 9.32. The lowest BCUT2D eigenvalue weighted by Gasteiger charge is -2.12. The minimum atomic E-state index is 0.496. The Morgan fingerprint density at radius 3 is 2.54 bits per heavy atom. The molecule has 0 aliphatic heterocycles. The van der Waals surface area contributed by atoms with Gasteiger partial charge in [0.2, 0.25) is 0 Å². The molecule has 0 heterocycles. The highest BCUT2D eigenvalue weighted by Gasteiger charge is 1.98. The van der Waals surface area contributed by atoms with Gasteiger partial charge in [0.1, 0.15) is 0 Å². The van der Waals surface area contributed by atoms with Crippen LogP contribution in [0.15, 0.2) is 0 Å². The van der Waals surface area contributed by atoms with Gasteiger partial charge in [-0.3, -0.25) is 0 Å². The molecule has 0 aromatic heterocycles. The lowest BCUT2D eigenvalue weighted by atomic mass is 10.2. The topological polar surface area (TPSA) is 21.3 Å². The molecular formula is C11H25NO. The summed E-state index contributed by atoms with van der Waals surface area (Å²) < 4.78 is 5.53. The molecule has 0 aliphatic carbocycles. The second-order valence-corrected chi connectivity index (χ2v) is 3.59. The minimum Gasteiger partial charge on any atom is -0.380 e. The van der Waals surface area contributed by atoms with Gasteiger partial charge >= 0.3 is 0 Å². The van der Waals surface area contributed by atoms with Crippen molar-refractivity contribution in [3.63, 3.8) is 0 Å². The molecule has 80 valence electrons. The van der Waals surface area contributed by atoms with Gasteiger partial charge in [-0.15, -0.1) is 0 Å². The van der Waals surface area contributed by atoms with Crippen molar-refractivity contribution in [2.24, 2.45) is 0 Å². The Morgan fingerprint density at radius 2 is 1.92 bits per heavy atom. The largest absolute Gasteiger partial charge is 0.380 e. The van der Waals surface area contributed by atoms with Gasteiger partial charge in [-0.25, -0.2) is 0 Å². The Hall–Kier alpha value is -0.0800. The molecule has 0 saturated heterocycles. The van der Waals surface area contributed by atoms with E-state index < -0.39 is 0 Å². The molecule has 0 radical (unpaired) electrons. The van der Waals surface area contributed by atoms with Crippen LogP contribution < -0.4 is 5.32 Å². The van der Waals surface area contributed by atoms with Crippen LogP contribution in [-0.4, -0.2) is 25.8 Å². The molecule has 13 heavy (non-hydrogen) atoms. The van der Waals surface area contributed by atoms with Crippen LogP contribution in [0.25, 0.3) is 0 Å². The molecule has 1 N–H and O–H groups in total. The van der Waals surface area contributed by atoms with E-state index in [-0.39, 0.29) is 0 Å². The van der Waals surface area contributed by atoms with Crippen molar-refractivity contribution in [1.29, 1.82) is 0 Å². The first-order valence-corrected chi connectivity index (χ1v) is 5.62. The highest BCUT2D eigenvalue weighted by atomic mass is 16.5. The van der Waals surface area contributed by atoms with E-state index >= 15 is 0 Å². The van der Waals surface area contributed by atoms with E-state index in [0.717, 1.165) is 19.8 Å². The number of likely N-dealkylation sites (N-methyl/N-ethyl adjacent to an activating group) is 1. The van der Waals surface area contributed by atoms with Gasteiger partial charge in [0, 0.05) is 12.6 Å². The Balaban J connectivity index is 2.97. The maximum absolute atomic E-state index is 5.53. The monoisotopic (exact) mass is 187 g/mol.